The molecule has 6 heteroatoms. The lowest BCUT2D eigenvalue weighted by atomic mass is 9.96. The van der Waals surface area contributed by atoms with Crippen LogP contribution in [0.3, 0.4) is 0 Å². The molecule has 114 valence electrons. The van der Waals surface area contributed by atoms with Crippen molar-refractivity contribution >= 4 is 17.3 Å². The lowest BCUT2D eigenvalue weighted by molar-refractivity contribution is -0.384. The van der Waals surface area contributed by atoms with Crippen molar-refractivity contribution in [1.29, 1.82) is 0 Å². The van der Waals surface area contributed by atoms with Crippen LogP contribution in [-0.4, -0.2) is 9.91 Å². The van der Waals surface area contributed by atoms with Crippen LogP contribution in [0, 0.1) is 15.9 Å². The molecule has 0 bridgehead atoms. The number of nitrogens with zero attached hydrogens (tertiary/aromatic N) is 2. The Morgan fingerprint density at radius 2 is 1.87 bits per heavy atom. The number of non-ortho nitro benzene ring substituents is 1. The molecule has 0 N–H and O–H groups in total. The second-order valence-corrected chi connectivity index (χ2v) is 5.24. The second kappa shape index (κ2) is 6.14. The van der Waals surface area contributed by atoms with Crippen LogP contribution in [0.2, 0.25) is 5.02 Å². The molecule has 0 aliphatic carbocycles. The van der Waals surface area contributed by atoms with Gasteiger partial charge in [0.25, 0.3) is 5.69 Å². The SMILES string of the molecule is O=[N+]([O-])c1ccc(-c2ccccn2)c(-c2ccc(F)c(Cl)c2)c1. The Morgan fingerprint density at radius 3 is 2.52 bits per heavy atom. The number of nitro benzene ring substituents is 1. The van der Waals surface area contributed by atoms with E-state index in [0.717, 1.165) is 0 Å². The minimum atomic E-state index is -0.541. The molecule has 0 amide bonds. The van der Waals surface area contributed by atoms with Gasteiger partial charge in [0.2, 0.25) is 0 Å². The maximum Gasteiger partial charge on any atom is 0.270 e. The molecule has 0 saturated heterocycles. The van der Waals surface area contributed by atoms with E-state index >= 15 is 0 Å². The topological polar surface area (TPSA) is 56.0 Å². The molecule has 0 aliphatic heterocycles. The van der Waals surface area contributed by atoms with Crippen LogP contribution < -0.4 is 0 Å². The molecule has 3 aromatic rings. The van der Waals surface area contributed by atoms with Gasteiger partial charge in [0.15, 0.2) is 0 Å². The fourth-order valence-electron chi connectivity index (χ4n) is 2.29. The Morgan fingerprint density at radius 1 is 1.04 bits per heavy atom. The number of halogens is 2. The number of benzene rings is 2. The fourth-order valence-corrected chi connectivity index (χ4v) is 2.47. The van der Waals surface area contributed by atoms with Crippen molar-refractivity contribution in [2.75, 3.05) is 0 Å². The zero-order valence-corrected chi connectivity index (χ0v) is 12.5. The van der Waals surface area contributed by atoms with Gasteiger partial charge in [-0.25, -0.2) is 4.39 Å². The van der Waals surface area contributed by atoms with E-state index in [2.05, 4.69) is 4.98 Å². The minimum absolute atomic E-state index is 0.0408. The lowest BCUT2D eigenvalue weighted by Gasteiger charge is -2.10. The summed E-state index contributed by atoms with van der Waals surface area (Å²) in [7, 11) is 0. The average molecular weight is 329 g/mol. The van der Waals surface area contributed by atoms with Crippen LogP contribution >= 0.6 is 11.6 Å². The van der Waals surface area contributed by atoms with E-state index in [1.807, 2.05) is 6.07 Å². The monoisotopic (exact) mass is 328 g/mol. The number of pyridine rings is 1. The van der Waals surface area contributed by atoms with Crippen molar-refractivity contribution in [1.82, 2.24) is 4.98 Å². The van der Waals surface area contributed by atoms with Gasteiger partial charge in [-0.2, -0.15) is 0 Å². The highest BCUT2D eigenvalue weighted by Crippen LogP contribution is 2.35. The summed E-state index contributed by atoms with van der Waals surface area (Å²) in [6.07, 6.45) is 1.64. The molecule has 4 nitrogen and oxygen atoms in total. The smallest absolute Gasteiger partial charge is 0.258 e. The first kappa shape index (κ1) is 15.1. The van der Waals surface area contributed by atoms with E-state index < -0.39 is 10.7 Å². The second-order valence-electron chi connectivity index (χ2n) is 4.83. The van der Waals surface area contributed by atoms with Gasteiger partial charge in [0.1, 0.15) is 5.82 Å². The molecule has 1 heterocycles. The third-order valence-electron chi connectivity index (χ3n) is 3.39. The highest BCUT2D eigenvalue weighted by molar-refractivity contribution is 6.31. The molecule has 3 rings (SSSR count). The van der Waals surface area contributed by atoms with Crippen molar-refractivity contribution < 1.29 is 9.31 Å². The highest BCUT2D eigenvalue weighted by atomic mass is 35.5. The van der Waals surface area contributed by atoms with Crippen molar-refractivity contribution in [2.45, 2.75) is 0 Å². The van der Waals surface area contributed by atoms with E-state index in [4.69, 9.17) is 11.6 Å². The fraction of sp³-hybridized carbons (Fsp3) is 0. The molecule has 0 aliphatic rings. The third-order valence-corrected chi connectivity index (χ3v) is 3.68. The first-order valence-electron chi connectivity index (χ1n) is 6.71. The van der Waals surface area contributed by atoms with E-state index in [-0.39, 0.29) is 10.7 Å². The van der Waals surface area contributed by atoms with Gasteiger partial charge in [-0.05, 0) is 41.5 Å². The number of rotatable bonds is 3. The van der Waals surface area contributed by atoms with Crippen LogP contribution in [0.25, 0.3) is 22.4 Å². The normalized spacial score (nSPS) is 10.5. The molecule has 0 spiro atoms. The maximum atomic E-state index is 13.4. The quantitative estimate of drug-likeness (QED) is 0.495. The Balaban J connectivity index is 2.24. The van der Waals surface area contributed by atoms with Gasteiger partial charge in [-0.15, -0.1) is 0 Å². The maximum absolute atomic E-state index is 13.4. The van der Waals surface area contributed by atoms with Crippen molar-refractivity contribution in [3.05, 3.63) is 81.7 Å². The summed E-state index contributed by atoms with van der Waals surface area (Å²) in [5.41, 5.74) is 2.47. The molecular weight excluding hydrogens is 319 g/mol. The van der Waals surface area contributed by atoms with Crippen molar-refractivity contribution in [3.8, 4) is 22.4 Å². The molecule has 0 fully saturated rings. The lowest BCUT2D eigenvalue weighted by Crippen LogP contribution is -1.93. The van der Waals surface area contributed by atoms with Gasteiger partial charge in [-0.1, -0.05) is 23.7 Å². The van der Waals surface area contributed by atoms with Crippen LogP contribution in [0.4, 0.5) is 10.1 Å². The summed E-state index contributed by atoms with van der Waals surface area (Å²) in [5, 5.41) is 11.0. The average Bonchev–Trinajstić information content (AvgIpc) is 2.57. The van der Waals surface area contributed by atoms with E-state index in [9.17, 15) is 14.5 Å². The van der Waals surface area contributed by atoms with Crippen molar-refractivity contribution in [3.63, 3.8) is 0 Å². The van der Waals surface area contributed by atoms with Gasteiger partial charge >= 0.3 is 0 Å². The van der Waals surface area contributed by atoms with Crippen LogP contribution in [0.15, 0.2) is 60.8 Å². The summed E-state index contributed by atoms with van der Waals surface area (Å²) >= 11 is 5.84. The molecular formula is C17H10ClFN2O2. The largest absolute Gasteiger partial charge is 0.270 e. The number of hydrogen-bond acceptors (Lipinski definition) is 3. The summed E-state index contributed by atoms with van der Waals surface area (Å²) in [6, 6.07) is 14.1. The summed E-state index contributed by atoms with van der Waals surface area (Å²) in [5.74, 6) is -0.541. The molecule has 0 unspecified atom stereocenters. The first-order valence-corrected chi connectivity index (χ1v) is 7.09. The standard InChI is InChI=1S/C17H10ClFN2O2/c18-15-9-11(4-7-16(15)19)14-10-12(21(22)23)5-6-13(14)17-3-1-2-8-20-17/h1-10H. The van der Waals surface area contributed by atoms with E-state index in [1.165, 1.54) is 30.3 Å². The van der Waals surface area contributed by atoms with Gasteiger partial charge in [0.05, 0.1) is 15.6 Å². The first-order chi connectivity index (χ1) is 11.1. The van der Waals surface area contributed by atoms with Crippen molar-refractivity contribution in [2.24, 2.45) is 0 Å². The van der Waals surface area contributed by atoms with E-state index in [0.29, 0.717) is 22.4 Å². The summed E-state index contributed by atoms with van der Waals surface area (Å²) in [6.45, 7) is 0. The molecule has 0 saturated carbocycles. The predicted molar refractivity (Wildman–Crippen MR) is 86.7 cm³/mol. The number of hydrogen-bond donors (Lipinski definition) is 0. The molecule has 1 aromatic heterocycles. The molecule has 0 radical (unpaired) electrons. The van der Waals surface area contributed by atoms with Crippen LogP contribution in [0.1, 0.15) is 0 Å². The molecule has 2 aromatic carbocycles. The Hall–Kier alpha value is -2.79. The number of nitro groups is 1. The minimum Gasteiger partial charge on any atom is -0.258 e. The Bertz CT molecular complexity index is 885. The summed E-state index contributed by atoms with van der Waals surface area (Å²) < 4.78 is 13.4. The van der Waals surface area contributed by atoms with E-state index in [1.54, 1.807) is 24.4 Å². The number of aromatic nitrogens is 1. The van der Waals surface area contributed by atoms with Crippen LogP contribution in [0.5, 0.6) is 0 Å². The summed E-state index contributed by atoms with van der Waals surface area (Å²) in [4.78, 5) is 14.9. The Labute approximate surface area is 136 Å². The highest BCUT2D eigenvalue weighted by Gasteiger charge is 2.15. The van der Waals surface area contributed by atoms with Gasteiger partial charge in [0, 0.05) is 23.9 Å². The Kier molecular flexibility index (Phi) is 4.04. The van der Waals surface area contributed by atoms with Gasteiger partial charge < -0.3 is 0 Å². The van der Waals surface area contributed by atoms with Crippen LogP contribution in [-0.2, 0) is 0 Å². The zero-order valence-electron chi connectivity index (χ0n) is 11.7. The third kappa shape index (κ3) is 3.05. The zero-order chi connectivity index (χ0) is 16.4. The molecule has 0 atom stereocenters. The van der Waals surface area contributed by atoms with Gasteiger partial charge in [-0.3, -0.25) is 15.1 Å². The molecule has 23 heavy (non-hydrogen) atoms. The predicted octanol–water partition coefficient (Wildman–Crippen LogP) is 5.12.